The Morgan fingerprint density at radius 2 is 1.04 bits per heavy atom. The van der Waals surface area contributed by atoms with Gasteiger partial charge in [-0.1, -0.05) is 36.4 Å². The SMILES string of the molecule is NC(=Nc1ccccn1)c1ccc(C(N)=Nc2ccccn2)cc1. The van der Waals surface area contributed by atoms with Crippen molar-refractivity contribution in [3.8, 4) is 0 Å². The van der Waals surface area contributed by atoms with Gasteiger partial charge in [0, 0.05) is 23.5 Å². The molecule has 0 amide bonds. The van der Waals surface area contributed by atoms with Gasteiger partial charge in [-0.2, -0.15) is 0 Å². The van der Waals surface area contributed by atoms with E-state index < -0.39 is 0 Å². The molecule has 3 aromatic rings. The number of hydrogen-bond donors (Lipinski definition) is 2. The zero-order valence-corrected chi connectivity index (χ0v) is 12.9. The second-order valence-corrected chi connectivity index (χ2v) is 4.95. The summed E-state index contributed by atoms with van der Waals surface area (Å²) >= 11 is 0. The fourth-order valence-corrected chi connectivity index (χ4v) is 2.03. The molecule has 6 nitrogen and oxygen atoms in total. The largest absolute Gasteiger partial charge is 0.383 e. The van der Waals surface area contributed by atoms with Gasteiger partial charge < -0.3 is 11.5 Å². The summed E-state index contributed by atoms with van der Waals surface area (Å²) in [5.74, 6) is 1.91. The Labute approximate surface area is 139 Å². The molecule has 0 atom stereocenters. The smallest absolute Gasteiger partial charge is 0.154 e. The summed E-state index contributed by atoms with van der Waals surface area (Å²) in [4.78, 5) is 16.8. The number of hydrogen-bond acceptors (Lipinski definition) is 4. The molecule has 4 N–H and O–H groups in total. The summed E-state index contributed by atoms with van der Waals surface area (Å²) in [6, 6.07) is 18.3. The molecular weight excluding hydrogens is 300 g/mol. The maximum absolute atomic E-state index is 6.02. The van der Waals surface area contributed by atoms with Crippen molar-refractivity contribution in [1.82, 2.24) is 9.97 Å². The Morgan fingerprint density at radius 1 is 0.625 bits per heavy atom. The summed E-state index contributed by atoms with van der Waals surface area (Å²) in [6.45, 7) is 0. The predicted octanol–water partition coefficient (Wildman–Crippen LogP) is 2.55. The molecule has 0 radical (unpaired) electrons. The number of nitrogens with zero attached hydrogens (tertiary/aromatic N) is 4. The van der Waals surface area contributed by atoms with Crippen LogP contribution in [0.5, 0.6) is 0 Å². The molecule has 0 saturated carbocycles. The molecule has 2 aromatic heterocycles. The maximum atomic E-state index is 6.02. The number of rotatable bonds is 4. The van der Waals surface area contributed by atoms with Crippen LogP contribution in [-0.2, 0) is 0 Å². The average molecular weight is 316 g/mol. The van der Waals surface area contributed by atoms with E-state index in [1.54, 1.807) is 24.5 Å². The third-order valence-corrected chi connectivity index (χ3v) is 3.24. The molecule has 118 valence electrons. The van der Waals surface area contributed by atoms with Crippen LogP contribution in [0.3, 0.4) is 0 Å². The minimum Gasteiger partial charge on any atom is -0.383 e. The van der Waals surface area contributed by atoms with E-state index in [-0.39, 0.29) is 0 Å². The summed E-state index contributed by atoms with van der Waals surface area (Å²) in [7, 11) is 0. The van der Waals surface area contributed by atoms with Gasteiger partial charge in [-0.05, 0) is 24.3 Å². The van der Waals surface area contributed by atoms with E-state index in [2.05, 4.69) is 20.0 Å². The highest BCUT2D eigenvalue weighted by Gasteiger charge is 2.03. The first kappa shape index (κ1) is 15.4. The van der Waals surface area contributed by atoms with E-state index in [1.165, 1.54) is 0 Å². The van der Waals surface area contributed by atoms with Crippen LogP contribution in [0, 0.1) is 0 Å². The second-order valence-electron chi connectivity index (χ2n) is 4.95. The van der Waals surface area contributed by atoms with Crippen LogP contribution in [0.2, 0.25) is 0 Å². The van der Waals surface area contributed by atoms with Crippen molar-refractivity contribution < 1.29 is 0 Å². The quantitative estimate of drug-likeness (QED) is 0.570. The van der Waals surface area contributed by atoms with Crippen molar-refractivity contribution in [3.63, 3.8) is 0 Å². The molecule has 0 aliphatic heterocycles. The van der Waals surface area contributed by atoms with Gasteiger partial charge in [0.05, 0.1) is 0 Å². The topological polar surface area (TPSA) is 103 Å². The van der Waals surface area contributed by atoms with Gasteiger partial charge in [0.2, 0.25) is 0 Å². The van der Waals surface area contributed by atoms with Crippen molar-refractivity contribution in [1.29, 1.82) is 0 Å². The number of aliphatic imine (C=N–C) groups is 2. The maximum Gasteiger partial charge on any atom is 0.154 e. The standard InChI is InChI=1S/C18H16N6/c19-17(23-15-5-1-3-11-21-15)13-7-9-14(10-8-13)18(20)24-16-6-2-4-12-22-16/h1-12H,(H2,19,21,23)(H2,20,22,24). The van der Waals surface area contributed by atoms with Crippen LogP contribution in [0.25, 0.3) is 0 Å². The lowest BCUT2D eigenvalue weighted by molar-refractivity contribution is 1.26. The molecule has 0 unspecified atom stereocenters. The highest BCUT2D eigenvalue weighted by atomic mass is 15.0. The Balaban J connectivity index is 1.80. The van der Waals surface area contributed by atoms with Crippen molar-refractivity contribution in [3.05, 3.63) is 84.2 Å². The van der Waals surface area contributed by atoms with Crippen LogP contribution in [0.1, 0.15) is 11.1 Å². The molecule has 0 aliphatic carbocycles. The van der Waals surface area contributed by atoms with Gasteiger partial charge in [-0.3, -0.25) is 0 Å². The van der Waals surface area contributed by atoms with Crippen LogP contribution in [0.15, 0.2) is 83.0 Å². The highest BCUT2D eigenvalue weighted by molar-refractivity contribution is 6.02. The normalized spacial score (nSPS) is 12.2. The van der Waals surface area contributed by atoms with E-state index in [0.717, 1.165) is 11.1 Å². The van der Waals surface area contributed by atoms with Gasteiger partial charge in [-0.15, -0.1) is 0 Å². The molecule has 6 heteroatoms. The zero-order valence-electron chi connectivity index (χ0n) is 12.9. The van der Waals surface area contributed by atoms with Gasteiger partial charge in [0.25, 0.3) is 0 Å². The molecule has 1 aromatic carbocycles. The van der Waals surface area contributed by atoms with E-state index >= 15 is 0 Å². The average Bonchev–Trinajstić information content (AvgIpc) is 2.63. The van der Waals surface area contributed by atoms with Gasteiger partial charge in [0.1, 0.15) is 11.7 Å². The molecule has 0 bridgehead atoms. The molecule has 2 heterocycles. The first-order valence-corrected chi connectivity index (χ1v) is 7.33. The molecular formula is C18H16N6. The van der Waals surface area contributed by atoms with Crippen LogP contribution in [0.4, 0.5) is 11.6 Å². The number of aromatic nitrogens is 2. The molecule has 24 heavy (non-hydrogen) atoms. The van der Waals surface area contributed by atoms with Crippen molar-refractivity contribution in [2.75, 3.05) is 0 Å². The van der Waals surface area contributed by atoms with Crippen molar-refractivity contribution in [2.45, 2.75) is 0 Å². The number of amidine groups is 2. The minimum absolute atomic E-state index is 0.389. The number of benzene rings is 1. The summed E-state index contributed by atoms with van der Waals surface area (Å²) in [5.41, 5.74) is 13.6. The summed E-state index contributed by atoms with van der Waals surface area (Å²) in [6.07, 6.45) is 3.34. The van der Waals surface area contributed by atoms with Crippen LogP contribution in [-0.4, -0.2) is 21.6 Å². The van der Waals surface area contributed by atoms with Gasteiger partial charge in [-0.25, -0.2) is 20.0 Å². The second kappa shape index (κ2) is 7.15. The van der Waals surface area contributed by atoms with Crippen molar-refractivity contribution >= 4 is 23.3 Å². The van der Waals surface area contributed by atoms with E-state index in [0.29, 0.717) is 23.3 Å². The lowest BCUT2D eigenvalue weighted by Crippen LogP contribution is -2.15. The lowest BCUT2D eigenvalue weighted by Gasteiger charge is -2.04. The Bertz CT molecular complexity index is 781. The minimum atomic E-state index is 0.389. The lowest BCUT2D eigenvalue weighted by atomic mass is 10.1. The van der Waals surface area contributed by atoms with E-state index in [1.807, 2.05) is 48.5 Å². The summed E-state index contributed by atoms with van der Waals surface area (Å²) < 4.78 is 0. The van der Waals surface area contributed by atoms with E-state index in [4.69, 9.17) is 11.5 Å². The first-order valence-electron chi connectivity index (χ1n) is 7.33. The summed E-state index contributed by atoms with van der Waals surface area (Å²) in [5, 5.41) is 0. The number of nitrogens with two attached hydrogens (primary N) is 2. The molecule has 0 saturated heterocycles. The third kappa shape index (κ3) is 3.80. The van der Waals surface area contributed by atoms with Crippen molar-refractivity contribution in [2.24, 2.45) is 21.5 Å². The highest BCUT2D eigenvalue weighted by Crippen LogP contribution is 2.11. The predicted molar refractivity (Wildman–Crippen MR) is 95.7 cm³/mol. The molecule has 0 fully saturated rings. The van der Waals surface area contributed by atoms with Crippen LogP contribution < -0.4 is 11.5 Å². The number of pyridine rings is 2. The van der Waals surface area contributed by atoms with Gasteiger partial charge in [0.15, 0.2) is 11.6 Å². The zero-order chi connectivity index (χ0) is 16.8. The Kier molecular flexibility index (Phi) is 4.57. The Morgan fingerprint density at radius 3 is 1.38 bits per heavy atom. The fourth-order valence-electron chi connectivity index (χ4n) is 2.03. The Hall–Kier alpha value is -3.54. The van der Waals surface area contributed by atoms with E-state index in [9.17, 15) is 0 Å². The van der Waals surface area contributed by atoms with Crippen LogP contribution >= 0.6 is 0 Å². The monoisotopic (exact) mass is 316 g/mol. The van der Waals surface area contributed by atoms with Gasteiger partial charge >= 0.3 is 0 Å². The third-order valence-electron chi connectivity index (χ3n) is 3.24. The molecule has 0 aliphatic rings. The fraction of sp³-hybridized carbons (Fsp3) is 0. The molecule has 0 spiro atoms. The first-order chi connectivity index (χ1) is 11.7. The molecule has 3 rings (SSSR count).